The Balaban J connectivity index is 2.26. The minimum atomic E-state index is -0.983. The average Bonchev–Trinajstić information content (AvgIpc) is 2.84. The molecule has 0 unspecified atom stereocenters. The first kappa shape index (κ1) is 15.0. The third-order valence-electron chi connectivity index (χ3n) is 3.19. The Hall–Kier alpha value is -1.40. The first-order valence-electron chi connectivity index (χ1n) is 6.04. The maximum Gasteiger partial charge on any atom is 0.315 e. The Bertz CT molecular complexity index is 652. The van der Waals surface area contributed by atoms with Crippen molar-refractivity contribution in [2.75, 3.05) is 5.32 Å². The summed E-state index contributed by atoms with van der Waals surface area (Å²) in [6.45, 7) is 5.30. The zero-order valence-corrected chi connectivity index (χ0v) is 13.8. The average molecular weight is 355 g/mol. The largest absolute Gasteiger partial charge is 0.481 e. The van der Waals surface area contributed by atoms with Gasteiger partial charge in [-0.05, 0) is 38.5 Å². The molecule has 6 heteroatoms. The number of benzene rings is 1. The number of hydrogen-bond acceptors (Lipinski definition) is 4. The lowest BCUT2D eigenvalue weighted by Gasteiger charge is -2.15. The van der Waals surface area contributed by atoms with Gasteiger partial charge in [0, 0.05) is 15.5 Å². The smallest absolute Gasteiger partial charge is 0.315 e. The van der Waals surface area contributed by atoms with Gasteiger partial charge >= 0.3 is 5.97 Å². The zero-order chi connectivity index (χ0) is 14.9. The third kappa shape index (κ3) is 2.86. The predicted octanol–water partition coefficient (Wildman–Crippen LogP) is 4.32. The molecule has 0 saturated heterocycles. The Morgan fingerprint density at radius 1 is 1.45 bits per heavy atom. The van der Waals surface area contributed by atoms with E-state index in [1.807, 2.05) is 25.1 Å². The summed E-state index contributed by atoms with van der Waals surface area (Å²) in [6.07, 6.45) is 0. The van der Waals surface area contributed by atoms with Gasteiger partial charge in [-0.1, -0.05) is 22.0 Å². The van der Waals surface area contributed by atoms with Crippen molar-refractivity contribution in [1.29, 1.82) is 0 Å². The van der Waals surface area contributed by atoms with Gasteiger partial charge < -0.3 is 10.4 Å². The van der Waals surface area contributed by atoms with E-state index >= 15 is 0 Å². The van der Waals surface area contributed by atoms with E-state index in [1.54, 1.807) is 19.2 Å². The second kappa shape index (κ2) is 5.54. The highest BCUT2D eigenvalue weighted by atomic mass is 79.9. The van der Waals surface area contributed by atoms with Crippen LogP contribution in [0.4, 0.5) is 10.8 Å². The summed E-state index contributed by atoms with van der Waals surface area (Å²) in [5.41, 5.74) is 1.61. The Labute approximate surface area is 130 Å². The van der Waals surface area contributed by atoms with E-state index in [0.717, 1.165) is 15.7 Å². The topological polar surface area (TPSA) is 62.2 Å². The fourth-order valence-corrected chi connectivity index (χ4v) is 2.84. The van der Waals surface area contributed by atoms with Gasteiger partial charge in [0.15, 0.2) is 5.13 Å². The Morgan fingerprint density at radius 2 is 2.15 bits per heavy atom. The molecular formula is C14H15BrN2O2S. The maximum atomic E-state index is 11.2. The molecule has 2 rings (SSSR count). The SMILES string of the molecule is Cc1c(Br)cccc1Nc1nc(C(C)(C)C(=O)O)cs1. The second-order valence-electron chi connectivity index (χ2n) is 5.01. The molecule has 0 aliphatic carbocycles. The van der Waals surface area contributed by atoms with E-state index in [2.05, 4.69) is 26.2 Å². The number of carboxylic acid groups (broad SMARTS) is 1. The number of anilines is 2. The number of nitrogens with zero attached hydrogens (tertiary/aromatic N) is 1. The van der Waals surface area contributed by atoms with Crippen LogP contribution in [0.25, 0.3) is 0 Å². The molecule has 20 heavy (non-hydrogen) atoms. The van der Waals surface area contributed by atoms with Crippen molar-refractivity contribution >= 4 is 44.1 Å². The lowest BCUT2D eigenvalue weighted by atomic mass is 9.90. The summed E-state index contributed by atoms with van der Waals surface area (Å²) >= 11 is 4.88. The van der Waals surface area contributed by atoms with Gasteiger partial charge in [0.05, 0.1) is 5.69 Å². The van der Waals surface area contributed by atoms with Crippen molar-refractivity contribution in [2.45, 2.75) is 26.2 Å². The second-order valence-corrected chi connectivity index (χ2v) is 6.72. The summed E-state index contributed by atoms with van der Waals surface area (Å²) in [5, 5.41) is 14.9. The zero-order valence-electron chi connectivity index (χ0n) is 11.4. The summed E-state index contributed by atoms with van der Waals surface area (Å²) in [4.78, 5) is 15.6. The molecule has 1 heterocycles. The minimum absolute atomic E-state index is 0.560. The number of halogens is 1. The van der Waals surface area contributed by atoms with Crippen LogP contribution in [0, 0.1) is 6.92 Å². The molecule has 0 atom stereocenters. The van der Waals surface area contributed by atoms with Crippen LogP contribution in [-0.4, -0.2) is 16.1 Å². The van der Waals surface area contributed by atoms with Crippen molar-refractivity contribution < 1.29 is 9.90 Å². The van der Waals surface area contributed by atoms with Crippen LogP contribution in [0.15, 0.2) is 28.1 Å². The summed E-state index contributed by atoms with van der Waals surface area (Å²) in [7, 11) is 0. The van der Waals surface area contributed by atoms with Gasteiger partial charge in [-0.25, -0.2) is 4.98 Å². The normalized spacial score (nSPS) is 11.4. The molecule has 0 spiro atoms. The highest BCUT2D eigenvalue weighted by molar-refractivity contribution is 9.10. The van der Waals surface area contributed by atoms with Crippen LogP contribution in [0.3, 0.4) is 0 Å². The van der Waals surface area contributed by atoms with Gasteiger partial charge in [-0.2, -0.15) is 0 Å². The minimum Gasteiger partial charge on any atom is -0.481 e. The van der Waals surface area contributed by atoms with Crippen molar-refractivity contribution in [3.8, 4) is 0 Å². The van der Waals surface area contributed by atoms with Crippen LogP contribution in [0.1, 0.15) is 25.1 Å². The van der Waals surface area contributed by atoms with Crippen LogP contribution >= 0.6 is 27.3 Å². The maximum absolute atomic E-state index is 11.2. The number of aromatic nitrogens is 1. The van der Waals surface area contributed by atoms with Gasteiger partial charge in [-0.15, -0.1) is 11.3 Å². The monoisotopic (exact) mass is 354 g/mol. The van der Waals surface area contributed by atoms with Crippen LogP contribution in [-0.2, 0) is 10.2 Å². The highest BCUT2D eigenvalue weighted by Gasteiger charge is 2.32. The number of carboxylic acids is 1. The van der Waals surface area contributed by atoms with Gasteiger partial charge in [-0.3, -0.25) is 4.79 Å². The quantitative estimate of drug-likeness (QED) is 0.858. The predicted molar refractivity (Wildman–Crippen MR) is 84.9 cm³/mol. The molecule has 4 nitrogen and oxygen atoms in total. The van der Waals surface area contributed by atoms with E-state index in [4.69, 9.17) is 0 Å². The molecule has 0 radical (unpaired) electrons. The number of thiazole rings is 1. The summed E-state index contributed by atoms with van der Waals surface area (Å²) in [5.74, 6) is -0.881. The van der Waals surface area contributed by atoms with E-state index < -0.39 is 11.4 Å². The molecule has 1 aromatic carbocycles. The molecule has 0 saturated carbocycles. The lowest BCUT2D eigenvalue weighted by Crippen LogP contribution is -2.28. The molecule has 0 fully saturated rings. The number of aliphatic carboxylic acids is 1. The van der Waals surface area contributed by atoms with Crippen LogP contribution in [0.2, 0.25) is 0 Å². The van der Waals surface area contributed by atoms with Crippen molar-refractivity contribution in [2.24, 2.45) is 0 Å². The third-order valence-corrected chi connectivity index (χ3v) is 4.81. The van der Waals surface area contributed by atoms with E-state index in [1.165, 1.54) is 11.3 Å². The molecular weight excluding hydrogens is 340 g/mol. The van der Waals surface area contributed by atoms with Crippen LogP contribution < -0.4 is 5.32 Å². The highest BCUT2D eigenvalue weighted by Crippen LogP contribution is 2.31. The number of carbonyl (C=O) groups is 1. The first-order valence-corrected chi connectivity index (χ1v) is 7.71. The molecule has 0 aliphatic heterocycles. The number of nitrogens with one attached hydrogen (secondary N) is 1. The van der Waals surface area contributed by atoms with Gasteiger partial charge in [0.2, 0.25) is 0 Å². The van der Waals surface area contributed by atoms with Crippen molar-refractivity contribution in [3.05, 3.63) is 39.3 Å². The summed E-state index contributed by atoms with van der Waals surface area (Å²) in [6, 6.07) is 5.87. The van der Waals surface area contributed by atoms with E-state index in [0.29, 0.717) is 10.8 Å². The van der Waals surface area contributed by atoms with Gasteiger partial charge in [0.1, 0.15) is 5.41 Å². The van der Waals surface area contributed by atoms with Crippen molar-refractivity contribution in [3.63, 3.8) is 0 Å². The molecule has 2 aromatic rings. The first-order chi connectivity index (χ1) is 9.32. The lowest BCUT2D eigenvalue weighted by molar-refractivity contribution is -0.142. The Morgan fingerprint density at radius 3 is 2.80 bits per heavy atom. The molecule has 0 amide bonds. The molecule has 1 aromatic heterocycles. The standard InChI is InChI=1S/C14H15BrN2O2S/c1-8-9(15)5-4-6-10(8)16-13-17-11(7-20-13)14(2,3)12(18)19/h4-7H,1-3H3,(H,16,17)(H,18,19). The van der Waals surface area contributed by atoms with Crippen molar-refractivity contribution in [1.82, 2.24) is 4.98 Å². The molecule has 0 bridgehead atoms. The summed E-state index contributed by atoms with van der Waals surface area (Å²) < 4.78 is 1.02. The fraction of sp³-hybridized carbons (Fsp3) is 0.286. The van der Waals surface area contributed by atoms with E-state index in [-0.39, 0.29) is 0 Å². The van der Waals surface area contributed by atoms with Gasteiger partial charge in [0.25, 0.3) is 0 Å². The molecule has 106 valence electrons. The van der Waals surface area contributed by atoms with Crippen LogP contribution in [0.5, 0.6) is 0 Å². The fourth-order valence-electron chi connectivity index (χ4n) is 1.59. The molecule has 0 aliphatic rings. The molecule has 2 N–H and O–H groups in total. The number of rotatable bonds is 4. The van der Waals surface area contributed by atoms with E-state index in [9.17, 15) is 9.90 Å². The Kier molecular flexibility index (Phi) is 4.15. The number of hydrogen-bond donors (Lipinski definition) is 2.